The highest BCUT2D eigenvalue weighted by Gasteiger charge is 2.12. The van der Waals surface area contributed by atoms with Gasteiger partial charge in [-0.1, -0.05) is 60.1 Å². The zero-order valence-corrected chi connectivity index (χ0v) is 12.0. The summed E-state index contributed by atoms with van der Waals surface area (Å²) in [5.41, 5.74) is 0.710. The lowest BCUT2D eigenvalue weighted by atomic mass is 10.2. The molecule has 0 fully saturated rings. The van der Waals surface area contributed by atoms with Crippen LogP contribution < -0.4 is 10.4 Å². The molecule has 0 unspecified atom stereocenters. The molecule has 0 amide bonds. The van der Waals surface area contributed by atoms with Gasteiger partial charge in [-0.05, 0) is 11.6 Å². The van der Waals surface area contributed by atoms with Gasteiger partial charge in [0.15, 0.2) is 0 Å². The summed E-state index contributed by atoms with van der Waals surface area (Å²) in [4.78, 5) is 11.9. The van der Waals surface area contributed by atoms with Crippen LogP contribution in [0.5, 0.6) is 5.95 Å². The summed E-state index contributed by atoms with van der Waals surface area (Å²) in [6, 6.07) is 17.0. The maximum Gasteiger partial charge on any atom is 0.346 e. The molecule has 0 saturated heterocycles. The third kappa shape index (κ3) is 2.93. The lowest BCUT2D eigenvalue weighted by Gasteiger charge is -2.08. The van der Waals surface area contributed by atoms with Crippen LogP contribution in [0.25, 0.3) is 10.8 Å². The van der Waals surface area contributed by atoms with Crippen LogP contribution in [0.2, 0.25) is 5.02 Å². The number of benzene rings is 2. The number of fused-ring (bicyclic) bond motifs is 1. The van der Waals surface area contributed by atoms with Crippen molar-refractivity contribution in [1.82, 2.24) is 0 Å². The minimum absolute atomic E-state index is 0.0799. The molecule has 3 aromatic rings. The predicted molar refractivity (Wildman–Crippen MR) is 83.1 cm³/mol. The molecule has 0 radical (unpaired) electrons. The first-order valence-corrected chi connectivity index (χ1v) is 7.01. The average molecular weight is 301 g/mol. The van der Waals surface area contributed by atoms with E-state index in [4.69, 9.17) is 20.8 Å². The normalized spacial score (nSPS) is 10.7. The summed E-state index contributed by atoms with van der Waals surface area (Å²) in [5, 5.41) is 1.43. The Morgan fingerprint density at radius 1 is 0.952 bits per heavy atom. The van der Waals surface area contributed by atoms with E-state index in [9.17, 15) is 4.79 Å². The Bertz CT molecular complexity index is 809. The molecule has 3 rings (SSSR count). The van der Waals surface area contributed by atoms with Gasteiger partial charge in [0, 0.05) is 11.8 Å². The van der Waals surface area contributed by atoms with Crippen LogP contribution in [0.4, 0.5) is 0 Å². The quantitative estimate of drug-likeness (QED) is 0.729. The third-order valence-electron chi connectivity index (χ3n) is 3.21. The second-order valence-corrected chi connectivity index (χ2v) is 5.00. The van der Waals surface area contributed by atoms with Gasteiger partial charge in [0.05, 0.1) is 12.0 Å². The Balaban J connectivity index is 1.81. The van der Waals surface area contributed by atoms with Crippen LogP contribution in [0.1, 0.15) is 5.56 Å². The van der Waals surface area contributed by atoms with Crippen molar-refractivity contribution in [2.24, 2.45) is 0 Å². The second kappa shape index (κ2) is 6.02. The van der Waals surface area contributed by atoms with Gasteiger partial charge < -0.3 is 9.15 Å². The zero-order valence-electron chi connectivity index (χ0n) is 11.2. The van der Waals surface area contributed by atoms with Crippen LogP contribution in [0.3, 0.4) is 0 Å². The van der Waals surface area contributed by atoms with Crippen LogP contribution in [0.15, 0.2) is 63.8 Å². The van der Waals surface area contributed by atoms with Crippen LogP contribution in [0, 0.1) is 0 Å². The van der Waals surface area contributed by atoms with E-state index >= 15 is 0 Å². The summed E-state index contributed by atoms with van der Waals surface area (Å²) >= 11 is 6.24. The molecule has 0 aliphatic heterocycles. The Hall–Kier alpha value is -2.26. The molecule has 4 heteroatoms. The van der Waals surface area contributed by atoms with E-state index in [-0.39, 0.29) is 5.95 Å². The minimum atomic E-state index is -0.440. The molecule has 2 aromatic carbocycles. The lowest BCUT2D eigenvalue weighted by molar-refractivity contribution is 0.235. The number of ether oxygens (including phenoxy) is 1. The highest BCUT2D eigenvalue weighted by Crippen LogP contribution is 2.30. The van der Waals surface area contributed by atoms with E-state index in [1.54, 1.807) is 18.2 Å². The molecule has 21 heavy (non-hydrogen) atoms. The molecule has 1 aromatic heterocycles. The average Bonchev–Trinajstić information content (AvgIpc) is 2.53. The Morgan fingerprint density at radius 3 is 2.38 bits per heavy atom. The van der Waals surface area contributed by atoms with E-state index in [0.717, 1.165) is 5.56 Å². The monoisotopic (exact) mass is 300 g/mol. The second-order valence-electron chi connectivity index (χ2n) is 4.62. The first kappa shape index (κ1) is 13.7. The first-order valence-electron chi connectivity index (χ1n) is 6.64. The predicted octanol–water partition coefficient (Wildman–Crippen LogP) is 4.07. The van der Waals surface area contributed by atoms with E-state index in [1.807, 2.05) is 36.4 Å². The highest BCUT2D eigenvalue weighted by molar-refractivity contribution is 6.36. The van der Waals surface area contributed by atoms with Crippen molar-refractivity contribution >= 4 is 22.4 Å². The molecule has 0 saturated carbocycles. The first-order chi connectivity index (χ1) is 10.3. The van der Waals surface area contributed by atoms with Crippen molar-refractivity contribution < 1.29 is 9.15 Å². The summed E-state index contributed by atoms with van der Waals surface area (Å²) in [6.07, 6.45) is 0.716. The van der Waals surface area contributed by atoms with Crippen molar-refractivity contribution in [3.8, 4) is 5.95 Å². The standard InChI is InChI=1S/C17H13ClO3/c18-15-13-8-4-5-9-14(13)16(19)21-17(15)20-11-10-12-6-2-1-3-7-12/h1-9H,10-11H2. The highest BCUT2D eigenvalue weighted by atomic mass is 35.5. The van der Waals surface area contributed by atoms with Gasteiger partial charge in [0.2, 0.25) is 0 Å². The van der Waals surface area contributed by atoms with E-state index in [1.165, 1.54) is 0 Å². The van der Waals surface area contributed by atoms with Crippen LogP contribution in [-0.2, 0) is 6.42 Å². The Labute approximate surface area is 126 Å². The van der Waals surface area contributed by atoms with Gasteiger partial charge in [-0.3, -0.25) is 0 Å². The Morgan fingerprint density at radius 2 is 1.62 bits per heavy atom. The van der Waals surface area contributed by atoms with Gasteiger partial charge in [-0.25, -0.2) is 4.79 Å². The Kier molecular flexibility index (Phi) is 3.93. The van der Waals surface area contributed by atoms with Gasteiger partial charge in [0.1, 0.15) is 5.02 Å². The van der Waals surface area contributed by atoms with Crippen molar-refractivity contribution in [2.45, 2.75) is 6.42 Å². The fourth-order valence-corrected chi connectivity index (χ4v) is 2.40. The van der Waals surface area contributed by atoms with Gasteiger partial charge in [0.25, 0.3) is 0 Å². The molecule has 0 N–H and O–H groups in total. The molecule has 0 atom stereocenters. The molecule has 0 aliphatic rings. The molecule has 0 aliphatic carbocycles. The topological polar surface area (TPSA) is 39.4 Å². The maximum atomic E-state index is 11.9. The van der Waals surface area contributed by atoms with E-state index in [2.05, 4.69) is 0 Å². The van der Waals surface area contributed by atoms with Gasteiger partial charge >= 0.3 is 11.6 Å². The van der Waals surface area contributed by atoms with E-state index < -0.39 is 5.63 Å². The van der Waals surface area contributed by atoms with E-state index in [0.29, 0.717) is 28.8 Å². The fourth-order valence-electron chi connectivity index (χ4n) is 2.15. The number of hydrogen-bond acceptors (Lipinski definition) is 3. The fraction of sp³-hybridized carbons (Fsp3) is 0.118. The van der Waals surface area contributed by atoms with Crippen LogP contribution >= 0.6 is 11.6 Å². The third-order valence-corrected chi connectivity index (χ3v) is 3.57. The lowest BCUT2D eigenvalue weighted by Crippen LogP contribution is -2.06. The number of rotatable bonds is 4. The van der Waals surface area contributed by atoms with Crippen molar-refractivity contribution in [1.29, 1.82) is 0 Å². The molecule has 106 valence electrons. The molecule has 1 heterocycles. The largest absolute Gasteiger partial charge is 0.464 e. The molecule has 0 spiro atoms. The maximum absolute atomic E-state index is 11.9. The summed E-state index contributed by atoms with van der Waals surface area (Å²) < 4.78 is 10.7. The van der Waals surface area contributed by atoms with Crippen molar-refractivity contribution in [3.63, 3.8) is 0 Å². The molecule has 0 bridgehead atoms. The van der Waals surface area contributed by atoms with Gasteiger partial charge in [-0.15, -0.1) is 0 Å². The summed E-state index contributed by atoms with van der Waals surface area (Å²) in [6.45, 7) is 0.394. The van der Waals surface area contributed by atoms with Crippen molar-refractivity contribution in [3.05, 3.63) is 75.6 Å². The number of hydrogen-bond donors (Lipinski definition) is 0. The zero-order chi connectivity index (χ0) is 14.7. The van der Waals surface area contributed by atoms with Crippen molar-refractivity contribution in [2.75, 3.05) is 6.61 Å². The minimum Gasteiger partial charge on any atom is -0.464 e. The summed E-state index contributed by atoms with van der Waals surface area (Å²) in [5.74, 6) is 0.0799. The summed E-state index contributed by atoms with van der Waals surface area (Å²) in [7, 11) is 0. The number of halogens is 1. The molecule has 3 nitrogen and oxygen atoms in total. The molecular formula is C17H13ClO3. The van der Waals surface area contributed by atoms with Crippen LogP contribution in [-0.4, -0.2) is 6.61 Å². The SMILES string of the molecule is O=c1oc(OCCc2ccccc2)c(Cl)c2ccccc12. The smallest absolute Gasteiger partial charge is 0.346 e. The molecular weight excluding hydrogens is 288 g/mol. The van der Waals surface area contributed by atoms with Gasteiger partial charge in [-0.2, -0.15) is 0 Å².